The van der Waals surface area contributed by atoms with Crippen LogP contribution in [0.25, 0.3) is 0 Å². The smallest absolute Gasteiger partial charge is 0.381 e. The molecule has 3 nitrogen and oxygen atoms in total. The number of anilines is 1. The second kappa shape index (κ2) is 6.37. The van der Waals surface area contributed by atoms with Crippen molar-refractivity contribution >= 4 is 11.6 Å². The number of piperidine rings is 1. The number of nitrogens with zero attached hydrogens (tertiary/aromatic N) is 1. The fraction of sp³-hybridized carbons (Fsp3) is 0.533. The summed E-state index contributed by atoms with van der Waals surface area (Å²) in [5.41, 5.74) is -0.217. The minimum atomic E-state index is -4.34. The lowest BCUT2D eigenvalue weighted by Gasteiger charge is -2.33. The van der Waals surface area contributed by atoms with E-state index in [1.807, 2.05) is 6.92 Å². The summed E-state index contributed by atoms with van der Waals surface area (Å²) in [5, 5.41) is 3.11. The Hall–Kier alpha value is -1.72. The molecule has 1 unspecified atom stereocenters. The Morgan fingerprint density at radius 2 is 2.19 bits per heavy atom. The van der Waals surface area contributed by atoms with Crippen LogP contribution in [0, 0.1) is 0 Å². The summed E-state index contributed by atoms with van der Waals surface area (Å²) in [6.45, 7) is 3.09. The van der Waals surface area contributed by atoms with Gasteiger partial charge in [0.05, 0.1) is 5.56 Å². The SMILES string of the molecule is CCC(=O)N1CCCC(Nc2cccc(C(F)(F)F)c2)C1. The highest BCUT2D eigenvalue weighted by Gasteiger charge is 2.30. The molecule has 0 saturated carbocycles. The Balaban J connectivity index is 2.03. The minimum Gasteiger partial charge on any atom is -0.381 e. The lowest BCUT2D eigenvalue weighted by atomic mass is 10.0. The van der Waals surface area contributed by atoms with Crippen LogP contribution in [-0.2, 0) is 11.0 Å². The van der Waals surface area contributed by atoms with Gasteiger partial charge in [-0.05, 0) is 31.0 Å². The number of carbonyl (C=O) groups excluding carboxylic acids is 1. The standard InChI is InChI=1S/C15H19F3N2O/c1-2-14(21)20-8-4-7-13(10-20)19-12-6-3-5-11(9-12)15(16,17)18/h3,5-6,9,13,19H,2,4,7-8,10H2,1H3. The molecule has 0 spiro atoms. The van der Waals surface area contributed by atoms with E-state index in [4.69, 9.17) is 0 Å². The van der Waals surface area contributed by atoms with Gasteiger partial charge >= 0.3 is 6.18 Å². The maximum atomic E-state index is 12.7. The van der Waals surface area contributed by atoms with Crippen molar-refractivity contribution < 1.29 is 18.0 Å². The van der Waals surface area contributed by atoms with E-state index in [1.54, 1.807) is 11.0 Å². The van der Waals surface area contributed by atoms with Gasteiger partial charge in [0.1, 0.15) is 0 Å². The lowest BCUT2D eigenvalue weighted by molar-refractivity contribution is -0.137. The highest BCUT2D eigenvalue weighted by atomic mass is 19.4. The van der Waals surface area contributed by atoms with E-state index in [1.165, 1.54) is 6.07 Å². The van der Waals surface area contributed by atoms with Crippen LogP contribution in [0.5, 0.6) is 0 Å². The molecule has 1 saturated heterocycles. The first-order valence-electron chi connectivity index (χ1n) is 7.11. The molecule has 1 aromatic carbocycles. The normalized spacial score (nSPS) is 19.4. The van der Waals surface area contributed by atoms with Gasteiger partial charge in [0, 0.05) is 31.2 Å². The molecule has 1 aliphatic rings. The second-order valence-electron chi connectivity index (χ2n) is 5.26. The van der Waals surface area contributed by atoms with Crippen LogP contribution < -0.4 is 5.32 Å². The van der Waals surface area contributed by atoms with Crippen LogP contribution in [0.4, 0.5) is 18.9 Å². The topological polar surface area (TPSA) is 32.3 Å². The lowest BCUT2D eigenvalue weighted by Crippen LogP contribution is -2.44. The monoisotopic (exact) mass is 300 g/mol. The summed E-state index contributed by atoms with van der Waals surface area (Å²) in [5.74, 6) is 0.0885. The number of rotatable bonds is 3. The summed E-state index contributed by atoms with van der Waals surface area (Å²) < 4.78 is 38.0. The quantitative estimate of drug-likeness (QED) is 0.926. The third-order valence-electron chi connectivity index (χ3n) is 3.64. The summed E-state index contributed by atoms with van der Waals surface area (Å²) >= 11 is 0. The van der Waals surface area contributed by atoms with Gasteiger partial charge in [-0.1, -0.05) is 13.0 Å². The maximum Gasteiger partial charge on any atom is 0.416 e. The van der Waals surface area contributed by atoms with Crippen molar-refractivity contribution in [1.29, 1.82) is 0 Å². The highest BCUT2D eigenvalue weighted by molar-refractivity contribution is 5.76. The molecule has 1 atom stereocenters. The number of carbonyl (C=O) groups is 1. The van der Waals surface area contributed by atoms with E-state index < -0.39 is 11.7 Å². The Morgan fingerprint density at radius 3 is 2.86 bits per heavy atom. The number of nitrogens with one attached hydrogen (secondary N) is 1. The average Bonchev–Trinajstić information content (AvgIpc) is 2.46. The Morgan fingerprint density at radius 1 is 1.43 bits per heavy atom. The molecule has 0 aliphatic carbocycles. The molecule has 1 heterocycles. The zero-order chi connectivity index (χ0) is 15.5. The first-order chi connectivity index (χ1) is 9.90. The number of amides is 1. The van der Waals surface area contributed by atoms with Crippen molar-refractivity contribution in [3.05, 3.63) is 29.8 Å². The van der Waals surface area contributed by atoms with Crippen LogP contribution >= 0.6 is 0 Å². The second-order valence-corrected chi connectivity index (χ2v) is 5.26. The molecule has 1 aliphatic heterocycles. The van der Waals surface area contributed by atoms with Crippen molar-refractivity contribution in [2.45, 2.75) is 38.4 Å². The Labute approximate surface area is 122 Å². The van der Waals surface area contributed by atoms with Crippen molar-refractivity contribution in [2.75, 3.05) is 18.4 Å². The number of alkyl halides is 3. The number of hydrogen-bond acceptors (Lipinski definition) is 2. The van der Waals surface area contributed by atoms with E-state index >= 15 is 0 Å². The van der Waals surface area contributed by atoms with Crippen molar-refractivity contribution in [3.63, 3.8) is 0 Å². The number of benzene rings is 1. The molecule has 116 valence electrons. The largest absolute Gasteiger partial charge is 0.416 e. The molecule has 6 heteroatoms. The molecule has 21 heavy (non-hydrogen) atoms. The third-order valence-corrected chi connectivity index (χ3v) is 3.64. The van der Waals surface area contributed by atoms with Gasteiger partial charge in [0.15, 0.2) is 0 Å². The number of halogens is 3. The Bertz CT molecular complexity index is 502. The fourth-order valence-corrected chi connectivity index (χ4v) is 2.57. The summed E-state index contributed by atoms with van der Waals surface area (Å²) in [6, 6.07) is 5.18. The molecule has 0 aromatic heterocycles. The third kappa shape index (κ3) is 4.12. The predicted molar refractivity (Wildman–Crippen MR) is 75.0 cm³/mol. The van der Waals surface area contributed by atoms with Crippen LogP contribution in [0.2, 0.25) is 0 Å². The Kier molecular flexibility index (Phi) is 4.75. The molecular weight excluding hydrogens is 281 g/mol. The average molecular weight is 300 g/mol. The zero-order valence-corrected chi connectivity index (χ0v) is 11.9. The van der Waals surface area contributed by atoms with Gasteiger partial charge in [-0.15, -0.1) is 0 Å². The van der Waals surface area contributed by atoms with Crippen LogP contribution in [-0.4, -0.2) is 29.9 Å². The maximum absolute atomic E-state index is 12.7. The van der Waals surface area contributed by atoms with Crippen molar-refractivity contribution in [1.82, 2.24) is 4.90 Å². The minimum absolute atomic E-state index is 0.00210. The van der Waals surface area contributed by atoms with Crippen molar-refractivity contribution in [2.24, 2.45) is 0 Å². The van der Waals surface area contributed by atoms with E-state index in [-0.39, 0.29) is 11.9 Å². The van der Waals surface area contributed by atoms with Gasteiger partial charge in [0.25, 0.3) is 0 Å². The molecule has 0 radical (unpaired) electrons. The van der Waals surface area contributed by atoms with E-state index in [0.29, 0.717) is 18.7 Å². The van der Waals surface area contributed by atoms with Crippen molar-refractivity contribution in [3.8, 4) is 0 Å². The summed E-state index contributed by atoms with van der Waals surface area (Å²) in [7, 11) is 0. The van der Waals surface area contributed by atoms with Crippen LogP contribution in [0.3, 0.4) is 0 Å². The number of hydrogen-bond donors (Lipinski definition) is 1. The van der Waals surface area contributed by atoms with Gasteiger partial charge in [-0.25, -0.2) is 0 Å². The predicted octanol–water partition coefficient (Wildman–Crippen LogP) is 3.52. The van der Waals surface area contributed by atoms with Gasteiger partial charge < -0.3 is 10.2 Å². The van der Waals surface area contributed by atoms with Crippen LogP contribution in [0.15, 0.2) is 24.3 Å². The summed E-state index contributed by atoms with van der Waals surface area (Å²) in [6.07, 6.45) is -2.17. The number of likely N-dealkylation sites (tertiary alicyclic amines) is 1. The fourth-order valence-electron chi connectivity index (χ4n) is 2.57. The molecule has 1 fully saturated rings. The molecule has 0 bridgehead atoms. The summed E-state index contributed by atoms with van der Waals surface area (Å²) in [4.78, 5) is 13.5. The molecule has 1 N–H and O–H groups in total. The highest BCUT2D eigenvalue weighted by Crippen LogP contribution is 2.31. The molecule has 1 amide bonds. The van der Waals surface area contributed by atoms with E-state index in [0.717, 1.165) is 31.5 Å². The van der Waals surface area contributed by atoms with E-state index in [2.05, 4.69) is 5.32 Å². The first-order valence-corrected chi connectivity index (χ1v) is 7.11. The van der Waals surface area contributed by atoms with E-state index in [9.17, 15) is 18.0 Å². The first kappa shape index (κ1) is 15.7. The molecule has 2 rings (SSSR count). The van der Waals surface area contributed by atoms with Gasteiger partial charge in [-0.3, -0.25) is 4.79 Å². The zero-order valence-electron chi connectivity index (χ0n) is 11.9. The molecule has 1 aromatic rings. The van der Waals surface area contributed by atoms with Gasteiger partial charge in [0.2, 0.25) is 5.91 Å². The molecular formula is C15H19F3N2O. The van der Waals surface area contributed by atoms with Crippen LogP contribution in [0.1, 0.15) is 31.7 Å². The van der Waals surface area contributed by atoms with Gasteiger partial charge in [-0.2, -0.15) is 13.2 Å².